The van der Waals surface area contributed by atoms with Crippen LogP contribution < -0.4 is 5.32 Å². The molecule has 0 aromatic heterocycles. The number of nitrogens with one attached hydrogen (secondary N) is 1. The lowest BCUT2D eigenvalue weighted by atomic mass is 10.1. The summed E-state index contributed by atoms with van der Waals surface area (Å²) in [4.78, 5) is 0. The molecule has 18 heavy (non-hydrogen) atoms. The van der Waals surface area contributed by atoms with Gasteiger partial charge < -0.3 is 15.5 Å². The molecule has 0 spiro atoms. The average molecular weight is 243 g/mol. The van der Waals surface area contributed by atoms with Gasteiger partial charge in [-0.2, -0.15) is 0 Å². The quantitative estimate of drug-likeness (QED) is 0.558. The maximum atomic E-state index is 9.36. The first-order chi connectivity index (χ1) is 8.75. The lowest BCUT2D eigenvalue weighted by molar-refractivity contribution is 0.403. The molecule has 3 N–H and O–H groups in total. The lowest BCUT2D eigenvalue weighted by Gasteiger charge is -2.06. The molecule has 0 atom stereocenters. The Hall–Kier alpha value is -2.00. The number of hydrogen-bond donors (Lipinski definition) is 3. The monoisotopic (exact) mass is 243 g/mol. The van der Waals surface area contributed by atoms with Crippen molar-refractivity contribution >= 4 is 0 Å². The molecule has 2 aromatic rings. The van der Waals surface area contributed by atoms with Gasteiger partial charge >= 0.3 is 0 Å². The molecule has 3 nitrogen and oxygen atoms in total. The highest BCUT2D eigenvalue weighted by molar-refractivity contribution is 5.40. The second-order valence-corrected chi connectivity index (χ2v) is 4.24. The minimum absolute atomic E-state index is 0.0719. The van der Waals surface area contributed by atoms with Crippen LogP contribution in [0.25, 0.3) is 0 Å². The summed E-state index contributed by atoms with van der Waals surface area (Å²) < 4.78 is 0. The van der Waals surface area contributed by atoms with Crippen LogP contribution in [0, 0.1) is 0 Å². The molecule has 94 valence electrons. The number of rotatable bonds is 5. The minimum atomic E-state index is -0.0805. The van der Waals surface area contributed by atoms with Crippen molar-refractivity contribution in [3.05, 3.63) is 59.7 Å². The van der Waals surface area contributed by atoms with Crippen LogP contribution in [-0.4, -0.2) is 16.8 Å². The van der Waals surface area contributed by atoms with Crippen LogP contribution in [0.2, 0.25) is 0 Å². The van der Waals surface area contributed by atoms with E-state index in [-0.39, 0.29) is 11.5 Å². The highest BCUT2D eigenvalue weighted by Gasteiger charge is 2.00. The van der Waals surface area contributed by atoms with Crippen molar-refractivity contribution in [2.75, 3.05) is 6.54 Å². The number of phenolic OH excluding ortho intramolecular Hbond substituents is 2. The van der Waals surface area contributed by atoms with Crippen molar-refractivity contribution in [1.82, 2.24) is 5.32 Å². The van der Waals surface area contributed by atoms with Crippen molar-refractivity contribution < 1.29 is 10.2 Å². The van der Waals surface area contributed by atoms with Gasteiger partial charge in [0.05, 0.1) is 0 Å². The van der Waals surface area contributed by atoms with Crippen molar-refractivity contribution in [2.45, 2.75) is 13.0 Å². The largest absolute Gasteiger partial charge is 0.504 e. The van der Waals surface area contributed by atoms with Crippen LogP contribution in [0.4, 0.5) is 0 Å². The molecule has 3 heteroatoms. The van der Waals surface area contributed by atoms with E-state index in [9.17, 15) is 10.2 Å². The third-order valence-electron chi connectivity index (χ3n) is 2.80. The standard InChI is InChI=1S/C15H17NO2/c17-14-7-6-13(10-15(14)18)11-16-9-8-12-4-2-1-3-5-12/h1-7,10,16-18H,8-9,11H2. The zero-order chi connectivity index (χ0) is 12.8. The second kappa shape index (κ2) is 6.07. The highest BCUT2D eigenvalue weighted by atomic mass is 16.3. The topological polar surface area (TPSA) is 52.5 Å². The van der Waals surface area contributed by atoms with Gasteiger partial charge in [0, 0.05) is 6.54 Å². The van der Waals surface area contributed by atoms with Crippen LogP contribution in [0.5, 0.6) is 11.5 Å². The fraction of sp³-hybridized carbons (Fsp3) is 0.200. The first kappa shape index (κ1) is 12.5. The molecule has 0 heterocycles. The summed E-state index contributed by atoms with van der Waals surface area (Å²) in [5.41, 5.74) is 2.26. The lowest BCUT2D eigenvalue weighted by Crippen LogP contribution is -2.16. The Kier molecular flexibility index (Phi) is 4.20. The Morgan fingerprint density at radius 2 is 1.61 bits per heavy atom. The number of benzene rings is 2. The van der Waals surface area contributed by atoms with E-state index in [2.05, 4.69) is 17.4 Å². The number of hydrogen-bond acceptors (Lipinski definition) is 3. The van der Waals surface area contributed by atoms with Crippen LogP contribution in [0.15, 0.2) is 48.5 Å². The summed E-state index contributed by atoms with van der Waals surface area (Å²) in [6, 6.07) is 15.2. The van der Waals surface area contributed by atoms with Crippen LogP contribution in [-0.2, 0) is 13.0 Å². The van der Waals surface area contributed by atoms with E-state index in [1.165, 1.54) is 11.6 Å². The maximum absolute atomic E-state index is 9.36. The van der Waals surface area contributed by atoms with Gasteiger partial charge in [-0.3, -0.25) is 0 Å². The van der Waals surface area contributed by atoms with E-state index in [0.29, 0.717) is 6.54 Å². The molecule has 0 bridgehead atoms. The van der Waals surface area contributed by atoms with Crippen LogP contribution in [0.1, 0.15) is 11.1 Å². The summed E-state index contributed by atoms with van der Waals surface area (Å²) in [5, 5.41) is 21.9. The molecular weight excluding hydrogens is 226 g/mol. The summed E-state index contributed by atoms with van der Waals surface area (Å²) in [7, 11) is 0. The Morgan fingerprint density at radius 3 is 2.33 bits per heavy atom. The Balaban J connectivity index is 1.77. The van der Waals surface area contributed by atoms with Gasteiger partial charge in [-0.15, -0.1) is 0 Å². The third-order valence-corrected chi connectivity index (χ3v) is 2.80. The van der Waals surface area contributed by atoms with Gasteiger partial charge in [-0.1, -0.05) is 36.4 Å². The Bertz CT molecular complexity index is 497. The summed E-state index contributed by atoms with van der Waals surface area (Å²) in [5.74, 6) is -0.152. The summed E-state index contributed by atoms with van der Waals surface area (Å²) >= 11 is 0. The van der Waals surface area contributed by atoms with Gasteiger partial charge in [0.25, 0.3) is 0 Å². The molecule has 0 radical (unpaired) electrons. The molecule has 0 saturated heterocycles. The van der Waals surface area contributed by atoms with Crippen molar-refractivity contribution in [2.24, 2.45) is 0 Å². The van der Waals surface area contributed by atoms with E-state index in [1.807, 2.05) is 18.2 Å². The molecule has 0 amide bonds. The molecule has 0 fully saturated rings. The van der Waals surface area contributed by atoms with E-state index in [4.69, 9.17) is 0 Å². The third kappa shape index (κ3) is 3.50. The van der Waals surface area contributed by atoms with Gasteiger partial charge in [0.2, 0.25) is 0 Å². The van der Waals surface area contributed by atoms with Crippen molar-refractivity contribution in [1.29, 1.82) is 0 Å². The van der Waals surface area contributed by atoms with E-state index < -0.39 is 0 Å². The van der Waals surface area contributed by atoms with Crippen LogP contribution >= 0.6 is 0 Å². The molecule has 0 aliphatic carbocycles. The minimum Gasteiger partial charge on any atom is -0.504 e. The molecule has 0 unspecified atom stereocenters. The Morgan fingerprint density at radius 1 is 0.833 bits per heavy atom. The SMILES string of the molecule is Oc1ccc(CNCCc2ccccc2)cc1O. The fourth-order valence-corrected chi connectivity index (χ4v) is 1.79. The van der Waals surface area contributed by atoms with E-state index in [1.54, 1.807) is 12.1 Å². The van der Waals surface area contributed by atoms with Gasteiger partial charge in [0.15, 0.2) is 11.5 Å². The normalized spacial score (nSPS) is 10.4. The molecule has 2 aromatic carbocycles. The van der Waals surface area contributed by atoms with Gasteiger partial charge in [0.1, 0.15) is 0 Å². The average Bonchev–Trinajstić information content (AvgIpc) is 2.40. The summed E-state index contributed by atoms with van der Waals surface area (Å²) in [6.07, 6.45) is 0.977. The molecule has 0 saturated carbocycles. The number of aromatic hydroxyl groups is 2. The van der Waals surface area contributed by atoms with Gasteiger partial charge in [-0.05, 0) is 36.2 Å². The predicted octanol–water partition coefficient (Wildman–Crippen LogP) is 2.43. The second-order valence-electron chi connectivity index (χ2n) is 4.24. The Labute approximate surface area is 107 Å². The maximum Gasteiger partial charge on any atom is 0.157 e. The molecule has 0 aliphatic heterocycles. The zero-order valence-corrected chi connectivity index (χ0v) is 10.1. The zero-order valence-electron chi connectivity index (χ0n) is 10.1. The smallest absolute Gasteiger partial charge is 0.157 e. The molecule has 0 aliphatic rings. The van der Waals surface area contributed by atoms with Crippen LogP contribution in [0.3, 0.4) is 0 Å². The van der Waals surface area contributed by atoms with Crippen molar-refractivity contribution in [3.8, 4) is 11.5 Å². The van der Waals surface area contributed by atoms with E-state index in [0.717, 1.165) is 18.5 Å². The van der Waals surface area contributed by atoms with E-state index >= 15 is 0 Å². The summed E-state index contributed by atoms with van der Waals surface area (Å²) in [6.45, 7) is 1.56. The number of phenols is 2. The molecule has 2 rings (SSSR count). The first-order valence-corrected chi connectivity index (χ1v) is 6.01. The fourth-order valence-electron chi connectivity index (χ4n) is 1.79. The molecular formula is C15H17NO2. The van der Waals surface area contributed by atoms with Crippen molar-refractivity contribution in [3.63, 3.8) is 0 Å². The van der Waals surface area contributed by atoms with Gasteiger partial charge in [-0.25, -0.2) is 0 Å². The predicted molar refractivity (Wildman–Crippen MR) is 71.6 cm³/mol. The first-order valence-electron chi connectivity index (χ1n) is 6.01. The highest BCUT2D eigenvalue weighted by Crippen LogP contribution is 2.24.